The Morgan fingerprint density at radius 3 is 1.93 bits per heavy atom. The number of pyridine rings is 1. The van der Waals surface area contributed by atoms with Crippen LogP contribution < -0.4 is 29.1 Å². The van der Waals surface area contributed by atoms with Crippen molar-refractivity contribution >= 4 is 11.9 Å². The van der Waals surface area contributed by atoms with Crippen molar-refractivity contribution in [3.63, 3.8) is 0 Å². The van der Waals surface area contributed by atoms with Gasteiger partial charge >= 0.3 is 38.3 Å². The standard InChI is InChI=1S/C6H5NO2.C2H4O2.Li.Rh/c8-6(9)5-3-1-2-4-7-5;1-2(3)4;;/h1-4H,(H,8,9);1H3,(H,3,4);;/q;;+1;+3/p-2. The summed E-state index contributed by atoms with van der Waals surface area (Å²) in [5.41, 5.74) is -0.0301. The Hall–Kier alpha value is -0.689. The summed E-state index contributed by atoms with van der Waals surface area (Å²) in [7, 11) is 0. The number of carboxylic acids is 2. The second kappa shape index (κ2) is 11.4. The molecule has 1 heterocycles. The second-order valence-electron chi connectivity index (χ2n) is 1.99. The van der Waals surface area contributed by atoms with Gasteiger partial charge in [0.2, 0.25) is 0 Å². The summed E-state index contributed by atoms with van der Waals surface area (Å²) in [6.07, 6.45) is 1.41. The summed E-state index contributed by atoms with van der Waals surface area (Å²) < 4.78 is 0. The summed E-state index contributed by atoms with van der Waals surface area (Å²) >= 11 is 0. The zero-order valence-electron chi connectivity index (χ0n) is 8.22. The minimum Gasteiger partial charge on any atom is -0.550 e. The van der Waals surface area contributed by atoms with Crippen LogP contribution in [0.15, 0.2) is 24.4 Å². The average Bonchev–Trinajstić information content (AvgIpc) is 2.05. The Balaban J connectivity index is -0.000000213. The molecule has 0 saturated heterocycles. The molecule has 7 heteroatoms. The molecule has 0 saturated carbocycles. The number of carboxylic acid groups (broad SMARTS) is 2. The van der Waals surface area contributed by atoms with Crippen LogP contribution in [0.3, 0.4) is 0 Å². The van der Waals surface area contributed by atoms with Crippen LogP contribution in [-0.2, 0) is 24.3 Å². The maximum atomic E-state index is 10.0. The number of carbonyl (C=O) groups is 2. The fourth-order valence-corrected chi connectivity index (χ4v) is 0.484. The number of aliphatic carboxylic acids is 1. The van der Waals surface area contributed by atoms with E-state index in [0.29, 0.717) is 0 Å². The molecule has 1 aromatic rings. The number of aromatic carboxylic acids is 1. The molecule has 0 aromatic carbocycles. The van der Waals surface area contributed by atoms with E-state index in [4.69, 9.17) is 9.90 Å². The predicted molar refractivity (Wildman–Crippen MR) is 39.2 cm³/mol. The maximum absolute atomic E-state index is 10.0. The van der Waals surface area contributed by atoms with E-state index in [9.17, 15) is 9.90 Å². The first-order chi connectivity index (χ1) is 6.04. The van der Waals surface area contributed by atoms with Crippen molar-refractivity contribution in [1.82, 2.24) is 4.98 Å². The van der Waals surface area contributed by atoms with Gasteiger partial charge in [-0.05, 0) is 19.1 Å². The van der Waals surface area contributed by atoms with Gasteiger partial charge in [-0.1, -0.05) is 6.07 Å². The smallest absolute Gasteiger partial charge is 0.550 e. The van der Waals surface area contributed by atoms with E-state index in [-0.39, 0.29) is 44.0 Å². The van der Waals surface area contributed by atoms with Gasteiger partial charge in [0.15, 0.2) is 0 Å². The van der Waals surface area contributed by atoms with E-state index in [1.54, 1.807) is 12.1 Å². The van der Waals surface area contributed by atoms with E-state index in [1.807, 2.05) is 0 Å². The van der Waals surface area contributed by atoms with Gasteiger partial charge in [0.1, 0.15) is 0 Å². The maximum Gasteiger partial charge on any atom is 3.00 e. The first kappa shape index (κ1) is 19.8. The van der Waals surface area contributed by atoms with Crippen molar-refractivity contribution < 1.29 is 58.1 Å². The van der Waals surface area contributed by atoms with Gasteiger partial charge in [-0.25, -0.2) is 0 Å². The molecule has 1 rings (SSSR count). The van der Waals surface area contributed by atoms with Crippen LogP contribution in [0.25, 0.3) is 0 Å². The largest absolute Gasteiger partial charge is 3.00 e. The number of aromatic nitrogens is 1. The Kier molecular flexibility index (Phi) is 15.0. The third kappa shape index (κ3) is 13.3. The molecular weight excluding hydrogens is 284 g/mol. The minimum absolute atomic E-state index is 0. The molecule has 15 heavy (non-hydrogen) atoms. The van der Waals surface area contributed by atoms with E-state index >= 15 is 0 Å². The van der Waals surface area contributed by atoms with Gasteiger partial charge in [-0.15, -0.1) is 0 Å². The number of hydrogen-bond donors (Lipinski definition) is 0. The number of rotatable bonds is 1. The second-order valence-corrected chi connectivity index (χ2v) is 1.99. The third-order valence-electron chi connectivity index (χ3n) is 0.874. The van der Waals surface area contributed by atoms with Crippen molar-refractivity contribution in [2.24, 2.45) is 0 Å². The molecule has 0 aliphatic rings. The summed E-state index contributed by atoms with van der Waals surface area (Å²) in [5, 5.41) is 18.9. The monoisotopic (exact) mass is 291 g/mol. The van der Waals surface area contributed by atoms with Crippen LogP contribution in [0.1, 0.15) is 17.4 Å². The topological polar surface area (TPSA) is 93.1 Å². The van der Waals surface area contributed by atoms with Gasteiger partial charge < -0.3 is 19.8 Å². The third-order valence-corrected chi connectivity index (χ3v) is 0.874. The van der Waals surface area contributed by atoms with Crippen molar-refractivity contribution in [1.29, 1.82) is 0 Å². The fraction of sp³-hybridized carbons (Fsp3) is 0.125. The minimum atomic E-state index is -1.24. The summed E-state index contributed by atoms with van der Waals surface area (Å²) in [4.78, 5) is 22.4. The van der Waals surface area contributed by atoms with Crippen molar-refractivity contribution in [2.75, 3.05) is 0 Å². The molecule has 76 valence electrons. The van der Waals surface area contributed by atoms with Crippen LogP contribution in [0.5, 0.6) is 0 Å². The molecule has 1 aromatic heterocycles. The van der Waals surface area contributed by atoms with Crippen LogP contribution in [-0.4, -0.2) is 16.9 Å². The Bertz CT molecular complexity index is 290. The van der Waals surface area contributed by atoms with Crippen LogP contribution in [0.4, 0.5) is 0 Å². The van der Waals surface area contributed by atoms with E-state index in [0.717, 1.165) is 6.92 Å². The van der Waals surface area contributed by atoms with Gasteiger partial charge in [-0.2, -0.15) is 0 Å². The average molecular weight is 291 g/mol. The van der Waals surface area contributed by atoms with Crippen molar-refractivity contribution in [3.05, 3.63) is 30.1 Å². The van der Waals surface area contributed by atoms with Gasteiger partial charge in [0.25, 0.3) is 0 Å². The zero-order chi connectivity index (χ0) is 10.3. The molecule has 0 bridgehead atoms. The zero-order valence-corrected chi connectivity index (χ0v) is 9.86. The molecule has 0 unspecified atom stereocenters. The normalized spacial score (nSPS) is 7.00. The van der Waals surface area contributed by atoms with Gasteiger partial charge in [0.05, 0.1) is 11.7 Å². The number of hydrogen-bond acceptors (Lipinski definition) is 5. The van der Waals surface area contributed by atoms with E-state index in [1.165, 1.54) is 12.3 Å². The Labute approximate surface area is 112 Å². The molecule has 0 atom stereocenters. The van der Waals surface area contributed by atoms with Crippen molar-refractivity contribution in [2.45, 2.75) is 6.92 Å². The Morgan fingerprint density at radius 1 is 1.27 bits per heavy atom. The molecule has 0 spiro atoms. The van der Waals surface area contributed by atoms with Gasteiger partial charge in [-0.3, -0.25) is 4.98 Å². The SMILES string of the molecule is CC(=O)[O-].O=C([O-])c1ccccn1.[Li+].[Rh+3]. The summed E-state index contributed by atoms with van der Waals surface area (Å²) in [5.74, 6) is -2.32. The number of nitrogens with zero attached hydrogens (tertiary/aromatic N) is 1. The predicted octanol–water partition coefficient (Wildman–Crippen LogP) is -4.80. The molecule has 0 amide bonds. The number of carbonyl (C=O) groups excluding carboxylic acids is 2. The first-order valence-electron chi connectivity index (χ1n) is 3.34. The van der Waals surface area contributed by atoms with E-state index in [2.05, 4.69) is 4.98 Å². The molecular formula is C8H7LiNO4Rh+2. The molecule has 5 nitrogen and oxygen atoms in total. The molecule has 0 aliphatic carbocycles. The first-order valence-corrected chi connectivity index (χ1v) is 3.34. The fourth-order valence-electron chi connectivity index (χ4n) is 0.484. The van der Waals surface area contributed by atoms with Crippen LogP contribution in [0.2, 0.25) is 0 Å². The van der Waals surface area contributed by atoms with Crippen LogP contribution >= 0.6 is 0 Å². The summed E-state index contributed by atoms with van der Waals surface area (Å²) in [6.45, 7) is 0.972. The molecule has 0 aliphatic heterocycles. The van der Waals surface area contributed by atoms with Crippen molar-refractivity contribution in [3.8, 4) is 0 Å². The quantitative estimate of drug-likeness (QED) is 0.484. The Morgan fingerprint density at radius 2 is 1.73 bits per heavy atom. The molecule has 0 fully saturated rings. The van der Waals surface area contributed by atoms with Gasteiger partial charge in [0, 0.05) is 12.2 Å². The van der Waals surface area contributed by atoms with Crippen LogP contribution in [0, 0.1) is 0 Å². The van der Waals surface area contributed by atoms with E-state index < -0.39 is 11.9 Å². The summed E-state index contributed by atoms with van der Waals surface area (Å²) in [6, 6.07) is 4.62. The molecule has 0 radical (unpaired) electrons. The molecule has 0 N–H and O–H groups in total.